The third-order valence-corrected chi connectivity index (χ3v) is 9.65. The van der Waals surface area contributed by atoms with Crippen molar-refractivity contribution in [2.45, 2.75) is 120 Å². The SMILES string of the molecule is CCC(C)CC/C=C/C=C(\C)C(O)C/C=C/C=C/C(=O)O[C@H]1[C@H](O[C@@H]2O[C@H](CO)[C@H](O)[C@H](O)[C@H]2O)[C@@H](CO)O[C@]2(OCc3cc(O)cc(O)c32)[C@@H]1O. The van der Waals surface area contributed by atoms with Gasteiger partial charge in [0, 0.05) is 12.1 Å². The third-order valence-electron chi connectivity index (χ3n) is 9.65. The molecule has 52 heavy (non-hydrogen) atoms. The van der Waals surface area contributed by atoms with Crippen molar-refractivity contribution in [3.63, 3.8) is 0 Å². The zero-order valence-corrected chi connectivity index (χ0v) is 29.5. The second-order valence-electron chi connectivity index (χ2n) is 13.4. The molecule has 3 heterocycles. The van der Waals surface area contributed by atoms with Gasteiger partial charge < -0.3 is 69.6 Å². The number of esters is 1. The molecule has 1 spiro atoms. The van der Waals surface area contributed by atoms with Crippen molar-refractivity contribution in [3.8, 4) is 11.5 Å². The summed E-state index contributed by atoms with van der Waals surface area (Å²) in [6.07, 6.45) is -1.36. The van der Waals surface area contributed by atoms with E-state index in [9.17, 15) is 50.8 Å². The molecule has 0 radical (unpaired) electrons. The smallest absolute Gasteiger partial charge is 0.331 e. The Morgan fingerprint density at radius 3 is 2.42 bits per heavy atom. The van der Waals surface area contributed by atoms with Crippen molar-refractivity contribution < 1.29 is 74.4 Å². The van der Waals surface area contributed by atoms with Gasteiger partial charge in [-0.05, 0) is 49.3 Å². The lowest BCUT2D eigenvalue weighted by Gasteiger charge is -2.50. The normalized spacial score (nSPS) is 33.7. The summed E-state index contributed by atoms with van der Waals surface area (Å²) in [6.45, 7) is 4.31. The average Bonchev–Trinajstić information content (AvgIpc) is 3.49. The van der Waals surface area contributed by atoms with Gasteiger partial charge in [-0.1, -0.05) is 56.7 Å². The maximum Gasteiger partial charge on any atom is 0.331 e. The van der Waals surface area contributed by atoms with E-state index < -0.39 is 91.9 Å². The maximum absolute atomic E-state index is 13.2. The van der Waals surface area contributed by atoms with Gasteiger partial charge in [0.15, 0.2) is 18.5 Å². The molecule has 4 rings (SSSR count). The van der Waals surface area contributed by atoms with Crippen LogP contribution in [0.2, 0.25) is 0 Å². The Morgan fingerprint density at radius 1 is 1.00 bits per heavy atom. The summed E-state index contributed by atoms with van der Waals surface area (Å²) in [7, 11) is 0. The number of phenols is 2. The van der Waals surface area contributed by atoms with Crippen LogP contribution in [-0.2, 0) is 40.9 Å². The van der Waals surface area contributed by atoms with E-state index in [1.165, 1.54) is 18.2 Å². The molecule has 290 valence electrons. The van der Waals surface area contributed by atoms with E-state index in [2.05, 4.69) is 19.9 Å². The Morgan fingerprint density at radius 2 is 1.73 bits per heavy atom. The van der Waals surface area contributed by atoms with Gasteiger partial charge >= 0.3 is 5.97 Å². The van der Waals surface area contributed by atoms with Crippen molar-refractivity contribution in [1.29, 1.82) is 0 Å². The van der Waals surface area contributed by atoms with Crippen molar-refractivity contribution in [2.24, 2.45) is 5.92 Å². The highest BCUT2D eigenvalue weighted by Gasteiger charge is 2.62. The zero-order valence-electron chi connectivity index (χ0n) is 29.5. The molecule has 2 fully saturated rings. The number of rotatable bonds is 15. The molecule has 0 aliphatic carbocycles. The summed E-state index contributed by atoms with van der Waals surface area (Å²) in [6, 6.07) is 2.27. The van der Waals surface area contributed by atoms with E-state index >= 15 is 0 Å². The second kappa shape index (κ2) is 18.7. The van der Waals surface area contributed by atoms with Crippen LogP contribution in [0.15, 0.2) is 60.2 Å². The van der Waals surface area contributed by atoms with Crippen LogP contribution in [0.4, 0.5) is 0 Å². The summed E-state index contributed by atoms with van der Waals surface area (Å²) in [4.78, 5) is 13.2. The predicted octanol–water partition coefficient (Wildman–Crippen LogP) is 0.822. The highest BCUT2D eigenvalue weighted by atomic mass is 16.8. The lowest BCUT2D eigenvalue weighted by Crippen LogP contribution is -2.67. The molecule has 3 aliphatic rings. The zero-order chi connectivity index (χ0) is 38.2. The van der Waals surface area contributed by atoms with Crippen LogP contribution in [0.25, 0.3) is 0 Å². The number of aliphatic hydroxyl groups is 7. The first-order valence-electron chi connectivity index (χ1n) is 17.4. The number of benzene rings is 1. The van der Waals surface area contributed by atoms with Gasteiger partial charge in [-0.3, -0.25) is 0 Å². The van der Waals surface area contributed by atoms with Crippen LogP contribution < -0.4 is 0 Å². The topological polar surface area (TPSA) is 245 Å². The quantitative estimate of drug-likeness (QED) is 0.0688. The van der Waals surface area contributed by atoms with Crippen molar-refractivity contribution in [3.05, 3.63) is 71.4 Å². The van der Waals surface area contributed by atoms with Gasteiger partial charge in [-0.15, -0.1) is 0 Å². The van der Waals surface area contributed by atoms with Gasteiger partial charge in [0.2, 0.25) is 5.79 Å². The number of hydrogen-bond acceptors (Lipinski definition) is 15. The fourth-order valence-corrected chi connectivity index (χ4v) is 6.30. The fraction of sp³-hybridized carbons (Fsp3) is 0.595. The van der Waals surface area contributed by atoms with E-state index in [0.29, 0.717) is 5.92 Å². The standard InChI is InChI=1S/C37H52O15/c1-4-20(2)11-7-5-8-12-21(3)24(41)13-9-6-10-14-28(43)50-34-33(51-36-32(46)31(45)30(44)26(17-38)49-36)27(18-39)52-37(35(34)47)29-22(19-48-37)15-23(40)16-25(29)42/h5-6,8-10,12,14-16,20,24,26-27,30-36,38-42,44-47H,4,7,11,13,17-19H2,1-3H3/b8-5+,9-6+,14-10+,21-12+/t20?,24?,26-,27-,30+,31+,32-,33-,34+,35-,36+,37+/m1/s1. The Kier molecular flexibility index (Phi) is 15.0. The van der Waals surface area contributed by atoms with E-state index in [-0.39, 0.29) is 29.9 Å². The highest BCUT2D eigenvalue weighted by Crippen LogP contribution is 2.51. The van der Waals surface area contributed by atoms with Crippen LogP contribution >= 0.6 is 0 Å². The van der Waals surface area contributed by atoms with Crippen molar-refractivity contribution in [1.82, 2.24) is 0 Å². The van der Waals surface area contributed by atoms with E-state index in [1.807, 2.05) is 19.1 Å². The number of carbonyl (C=O) groups excluding carboxylic acids is 1. The molecule has 2 saturated heterocycles. The van der Waals surface area contributed by atoms with Crippen molar-refractivity contribution in [2.75, 3.05) is 13.2 Å². The first-order valence-corrected chi connectivity index (χ1v) is 17.4. The minimum absolute atomic E-state index is 0.0912. The Bertz CT molecular complexity index is 1460. The molecule has 1 aromatic rings. The number of aliphatic hydroxyl groups excluding tert-OH is 7. The molecule has 3 aliphatic heterocycles. The molecule has 15 nitrogen and oxygen atoms in total. The first-order chi connectivity index (χ1) is 24.8. The minimum Gasteiger partial charge on any atom is -0.508 e. The Balaban J connectivity index is 1.51. The number of phenolic OH excluding ortho intramolecular Hbond substituents is 2. The number of ether oxygens (including phenoxy) is 5. The van der Waals surface area contributed by atoms with Gasteiger partial charge in [0.05, 0.1) is 31.5 Å². The molecular formula is C37H52O15. The summed E-state index contributed by atoms with van der Waals surface area (Å²) >= 11 is 0. The van der Waals surface area contributed by atoms with Crippen LogP contribution in [0, 0.1) is 5.92 Å². The van der Waals surface area contributed by atoms with Crippen LogP contribution in [-0.4, -0.2) is 126 Å². The van der Waals surface area contributed by atoms with Crippen LogP contribution in [0.5, 0.6) is 11.5 Å². The number of aromatic hydroxyl groups is 2. The molecule has 0 saturated carbocycles. The van der Waals surface area contributed by atoms with Crippen LogP contribution in [0.1, 0.15) is 57.6 Å². The number of carbonyl (C=O) groups is 1. The van der Waals surface area contributed by atoms with Crippen LogP contribution in [0.3, 0.4) is 0 Å². The minimum atomic E-state index is -2.23. The molecule has 9 N–H and O–H groups in total. The highest BCUT2D eigenvalue weighted by molar-refractivity contribution is 5.82. The van der Waals surface area contributed by atoms with Gasteiger partial charge in [-0.2, -0.15) is 0 Å². The monoisotopic (exact) mass is 736 g/mol. The molecule has 0 aromatic heterocycles. The third kappa shape index (κ3) is 9.48. The predicted molar refractivity (Wildman–Crippen MR) is 183 cm³/mol. The average molecular weight is 737 g/mol. The Hall–Kier alpha value is -3.19. The molecule has 0 bridgehead atoms. The maximum atomic E-state index is 13.2. The number of fused-ring (bicyclic) bond motifs is 2. The number of allylic oxidation sites excluding steroid dienone is 5. The van der Waals surface area contributed by atoms with Crippen molar-refractivity contribution >= 4 is 5.97 Å². The molecule has 15 heteroatoms. The van der Waals surface area contributed by atoms with Gasteiger partial charge in [0.25, 0.3) is 0 Å². The van der Waals surface area contributed by atoms with Gasteiger partial charge in [0.1, 0.15) is 48.1 Å². The summed E-state index contributed by atoms with van der Waals surface area (Å²) in [5.41, 5.74) is 0.907. The van der Waals surface area contributed by atoms with E-state index in [0.717, 1.165) is 37.0 Å². The number of hydrogen-bond donors (Lipinski definition) is 9. The summed E-state index contributed by atoms with van der Waals surface area (Å²) < 4.78 is 28.8. The first kappa shape index (κ1) is 41.6. The summed E-state index contributed by atoms with van der Waals surface area (Å²) in [5.74, 6) is -3.39. The molecule has 12 atom stereocenters. The van der Waals surface area contributed by atoms with E-state index in [1.54, 1.807) is 6.08 Å². The Labute approximate surface area is 302 Å². The second-order valence-corrected chi connectivity index (χ2v) is 13.4. The molecule has 0 amide bonds. The lowest BCUT2D eigenvalue weighted by atomic mass is 9.86. The summed E-state index contributed by atoms with van der Waals surface area (Å²) in [5, 5.41) is 94.2. The largest absolute Gasteiger partial charge is 0.508 e. The van der Waals surface area contributed by atoms with Gasteiger partial charge in [-0.25, -0.2) is 4.79 Å². The molecule has 2 unspecified atom stereocenters. The van der Waals surface area contributed by atoms with E-state index in [4.69, 9.17) is 23.7 Å². The molecular weight excluding hydrogens is 684 g/mol. The molecule has 1 aromatic carbocycles. The lowest BCUT2D eigenvalue weighted by molar-refractivity contribution is -0.395. The fourth-order valence-electron chi connectivity index (χ4n) is 6.30.